The number of nitrogens with one attached hydrogen (secondary N) is 1. The van der Waals surface area contributed by atoms with Gasteiger partial charge in [0.25, 0.3) is 5.56 Å². The molecule has 1 fully saturated rings. The molecule has 1 aliphatic carbocycles. The van der Waals surface area contributed by atoms with Crippen LogP contribution in [0.4, 0.5) is 5.69 Å². The van der Waals surface area contributed by atoms with Crippen molar-refractivity contribution >= 4 is 28.5 Å². The van der Waals surface area contributed by atoms with Crippen LogP contribution in [-0.2, 0) is 16.0 Å². The number of para-hydroxylation sites is 1. The van der Waals surface area contributed by atoms with E-state index in [4.69, 9.17) is 4.74 Å². The average molecular weight is 391 g/mol. The normalized spacial score (nSPS) is 13.3. The molecule has 1 aromatic heterocycles. The average Bonchev–Trinajstić information content (AvgIpc) is 3.52. The lowest BCUT2D eigenvalue weighted by molar-refractivity contribution is -0.134. The van der Waals surface area contributed by atoms with Crippen LogP contribution in [0.25, 0.3) is 10.9 Å². The number of benzene rings is 2. The second kappa shape index (κ2) is 7.87. The quantitative estimate of drug-likeness (QED) is 0.515. The highest BCUT2D eigenvalue weighted by Gasteiger charge is 2.28. The van der Waals surface area contributed by atoms with Crippen LogP contribution < -0.4 is 15.6 Å². The molecule has 3 aromatic rings. The number of rotatable bonds is 6. The topological polar surface area (TPSA) is 90.3 Å². The van der Waals surface area contributed by atoms with Crippen molar-refractivity contribution in [3.8, 4) is 5.75 Å². The van der Waals surface area contributed by atoms with Gasteiger partial charge in [0.05, 0.1) is 17.3 Å². The van der Waals surface area contributed by atoms with Gasteiger partial charge in [0.2, 0.25) is 5.91 Å². The van der Waals surface area contributed by atoms with Gasteiger partial charge in [-0.15, -0.1) is 0 Å². The molecule has 7 nitrogen and oxygen atoms in total. The van der Waals surface area contributed by atoms with E-state index < -0.39 is 5.97 Å². The molecular weight excluding hydrogens is 370 g/mol. The maximum Gasteiger partial charge on any atom is 0.311 e. The van der Waals surface area contributed by atoms with E-state index in [0.29, 0.717) is 34.6 Å². The number of carbonyl (C=O) groups excluding carboxylic acids is 2. The Bertz CT molecular complexity index is 1130. The van der Waals surface area contributed by atoms with E-state index in [-0.39, 0.29) is 23.9 Å². The SMILES string of the molecule is CC(=O)Nc1ccc(OC(=O)CCc2nc3ccccc3c(=O)n2C2CC2)cc1. The molecule has 1 N–H and O–H groups in total. The summed E-state index contributed by atoms with van der Waals surface area (Å²) < 4.78 is 7.10. The molecule has 1 amide bonds. The smallest absolute Gasteiger partial charge is 0.311 e. The first-order chi connectivity index (χ1) is 14.0. The van der Waals surface area contributed by atoms with Crippen molar-refractivity contribution in [3.63, 3.8) is 0 Å². The number of ether oxygens (including phenoxy) is 1. The fourth-order valence-electron chi connectivity index (χ4n) is 3.28. The Morgan fingerprint density at radius 1 is 1.14 bits per heavy atom. The van der Waals surface area contributed by atoms with Crippen molar-refractivity contribution in [1.82, 2.24) is 9.55 Å². The molecule has 0 radical (unpaired) electrons. The molecule has 0 aliphatic heterocycles. The van der Waals surface area contributed by atoms with Gasteiger partial charge in [0, 0.05) is 25.1 Å². The third-order valence-corrected chi connectivity index (χ3v) is 4.75. The Labute approximate surface area is 167 Å². The predicted molar refractivity (Wildman–Crippen MR) is 109 cm³/mol. The van der Waals surface area contributed by atoms with Crippen molar-refractivity contribution in [1.29, 1.82) is 0 Å². The fraction of sp³-hybridized carbons (Fsp3) is 0.273. The summed E-state index contributed by atoms with van der Waals surface area (Å²) in [5.41, 5.74) is 1.23. The lowest BCUT2D eigenvalue weighted by Gasteiger charge is -2.12. The van der Waals surface area contributed by atoms with E-state index in [9.17, 15) is 14.4 Å². The molecule has 0 spiro atoms. The number of carbonyl (C=O) groups is 2. The molecule has 7 heteroatoms. The third kappa shape index (κ3) is 4.34. The van der Waals surface area contributed by atoms with Gasteiger partial charge < -0.3 is 10.1 Å². The second-order valence-electron chi connectivity index (χ2n) is 7.13. The van der Waals surface area contributed by atoms with Crippen LogP contribution in [0, 0.1) is 0 Å². The largest absolute Gasteiger partial charge is 0.427 e. The summed E-state index contributed by atoms with van der Waals surface area (Å²) in [6.45, 7) is 1.43. The third-order valence-electron chi connectivity index (χ3n) is 4.75. The summed E-state index contributed by atoms with van der Waals surface area (Å²) in [5.74, 6) is 0.450. The highest BCUT2D eigenvalue weighted by atomic mass is 16.5. The van der Waals surface area contributed by atoms with Crippen LogP contribution in [0.3, 0.4) is 0 Å². The molecule has 2 aromatic carbocycles. The van der Waals surface area contributed by atoms with Gasteiger partial charge in [-0.1, -0.05) is 12.1 Å². The Hall–Kier alpha value is -3.48. The summed E-state index contributed by atoms with van der Waals surface area (Å²) in [7, 11) is 0. The Morgan fingerprint density at radius 2 is 1.86 bits per heavy atom. The maximum atomic E-state index is 12.9. The van der Waals surface area contributed by atoms with Crippen LogP contribution in [-0.4, -0.2) is 21.4 Å². The monoisotopic (exact) mass is 391 g/mol. The van der Waals surface area contributed by atoms with E-state index in [0.717, 1.165) is 12.8 Å². The van der Waals surface area contributed by atoms with Crippen LogP contribution in [0.5, 0.6) is 5.75 Å². The van der Waals surface area contributed by atoms with Crippen molar-refractivity contribution in [2.75, 3.05) is 5.32 Å². The Balaban J connectivity index is 1.46. The summed E-state index contributed by atoms with van der Waals surface area (Å²) in [4.78, 5) is 40.8. The van der Waals surface area contributed by atoms with E-state index in [1.165, 1.54) is 6.92 Å². The highest BCUT2D eigenvalue weighted by Crippen LogP contribution is 2.35. The number of anilines is 1. The molecule has 29 heavy (non-hydrogen) atoms. The number of hydrogen-bond donors (Lipinski definition) is 1. The van der Waals surface area contributed by atoms with Crippen molar-refractivity contribution < 1.29 is 14.3 Å². The lowest BCUT2D eigenvalue weighted by atomic mass is 10.2. The van der Waals surface area contributed by atoms with Crippen LogP contribution in [0.1, 0.15) is 38.1 Å². The zero-order valence-corrected chi connectivity index (χ0v) is 16.1. The number of esters is 1. The number of amides is 1. The summed E-state index contributed by atoms with van der Waals surface area (Å²) in [6, 6.07) is 14.0. The Morgan fingerprint density at radius 3 is 2.55 bits per heavy atom. The van der Waals surface area contributed by atoms with Gasteiger partial charge in [-0.3, -0.25) is 19.0 Å². The summed E-state index contributed by atoms with van der Waals surface area (Å²) in [6.07, 6.45) is 2.36. The van der Waals surface area contributed by atoms with Gasteiger partial charge >= 0.3 is 5.97 Å². The van der Waals surface area contributed by atoms with Crippen molar-refractivity contribution in [2.24, 2.45) is 0 Å². The number of fused-ring (bicyclic) bond motifs is 1. The first kappa shape index (κ1) is 18.9. The summed E-state index contributed by atoms with van der Waals surface area (Å²) >= 11 is 0. The number of nitrogens with zero attached hydrogens (tertiary/aromatic N) is 2. The van der Waals surface area contributed by atoms with E-state index in [2.05, 4.69) is 10.3 Å². The minimum atomic E-state index is -0.401. The zero-order chi connectivity index (χ0) is 20.4. The van der Waals surface area contributed by atoms with E-state index in [1.54, 1.807) is 34.9 Å². The molecule has 1 saturated carbocycles. The van der Waals surface area contributed by atoms with Crippen LogP contribution in [0.15, 0.2) is 53.3 Å². The number of aryl methyl sites for hydroxylation is 1. The highest BCUT2D eigenvalue weighted by molar-refractivity contribution is 5.88. The predicted octanol–water partition coefficient (Wildman–Crippen LogP) is 3.23. The maximum absolute atomic E-state index is 12.9. The standard InChI is InChI=1S/C22H21N3O4/c1-14(26)23-15-6-10-17(11-7-15)29-21(27)13-12-20-24-19-5-3-2-4-18(19)22(28)25(20)16-8-9-16/h2-7,10-11,16H,8-9,12-13H2,1H3,(H,23,26). The minimum Gasteiger partial charge on any atom is -0.427 e. The van der Waals surface area contributed by atoms with Crippen LogP contribution in [0.2, 0.25) is 0 Å². The molecule has 148 valence electrons. The molecule has 1 heterocycles. The first-order valence-electron chi connectivity index (χ1n) is 9.60. The lowest BCUT2D eigenvalue weighted by Crippen LogP contribution is -2.25. The van der Waals surface area contributed by atoms with Gasteiger partial charge in [-0.25, -0.2) is 4.98 Å². The Kier molecular flexibility index (Phi) is 5.12. The molecule has 4 rings (SSSR count). The van der Waals surface area contributed by atoms with Gasteiger partial charge in [-0.2, -0.15) is 0 Å². The molecule has 1 aliphatic rings. The van der Waals surface area contributed by atoms with Gasteiger partial charge in [0.1, 0.15) is 11.6 Å². The molecule has 0 bridgehead atoms. The molecule has 0 atom stereocenters. The number of hydrogen-bond acceptors (Lipinski definition) is 5. The first-order valence-corrected chi connectivity index (χ1v) is 9.60. The number of aromatic nitrogens is 2. The van der Waals surface area contributed by atoms with E-state index >= 15 is 0 Å². The van der Waals surface area contributed by atoms with Gasteiger partial charge in [-0.05, 0) is 49.2 Å². The van der Waals surface area contributed by atoms with Crippen molar-refractivity contribution in [3.05, 3.63) is 64.7 Å². The van der Waals surface area contributed by atoms with E-state index in [1.807, 2.05) is 18.2 Å². The van der Waals surface area contributed by atoms with Crippen LogP contribution >= 0.6 is 0 Å². The molecular formula is C22H21N3O4. The van der Waals surface area contributed by atoms with Crippen molar-refractivity contribution in [2.45, 2.75) is 38.6 Å². The summed E-state index contributed by atoms with van der Waals surface area (Å²) in [5, 5.41) is 3.26. The van der Waals surface area contributed by atoms with Gasteiger partial charge in [0.15, 0.2) is 0 Å². The minimum absolute atomic E-state index is 0.0463. The zero-order valence-electron chi connectivity index (χ0n) is 16.1. The molecule has 0 saturated heterocycles. The molecule has 0 unspecified atom stereocenters. The fourth-order valence-corrected chi connectivity index (χ4v) is 3.28. The second-order valence-corrected chi connectivity index (χ2v) is 7.13.